The monoisotopic (exact) mass is 385 g/mol. The first kappa shape index (κ1) is 18.0. The largest absolute Gasteiger partial charge is 0.365 e. The van der Waals surface area contributed by atoms with Gasteiger partial charge in [0.05, 0.1) is 0 Å². The maximum absolute atomic E-state index is 13.1. The SMILES string of the molecule is CCCn1c2nc(C3CC3)nc-2c2n(c1=O)C[C@@H](Cc1ccccc1)N2.Cl. The van der Waals surface area contributed by atoms with E-state index in [1.807, 2.05) is 15.2 Å². The molecule has 1 aliphatic carbocycles. The minimum absolute atomic E-state index is 0. The van der Waals surface area contributed by atoms with Crippen molar-refractivity contribution in [1.29, 1.82) is 0 Å². The van der Waals surface area contributed by atoms with Crippen LogP contribution in [0.3, 0.4) is 0 Å². The Morgan fingerprint density at radius 1 is 1.19 bits per heavy atom. The molecule has 27 heavy (non-hydrogen) atoms. The first-order valence-corrected chi connectivity index (χ1v) is 9.56. The Morgan fingerprint density at radius 2 is 1.96 bits per heavy atom. The lowest BCUT2D eigenvalue weighted by molar-refractivity contribution is 0.560. The lowest BCUT2D eigenvalue weighted by Crippen LogP contribution is -2.32. The Hall–Kier alpha value is -2.34. The number of fused-ring (bicyclic) bond motifs is 3. The van der Waals surface area contributed by atoms with E-state index in [-0.39, 0.29) is 24.1 Å². The summed E-state index contributed by atoms with van der Waals surface area (Å²) < 4.78 is 3.67. The zero-order chi connectivity index (χ0) is 17.7. The van der Waals surface area contributed by atoms with Gasteiger partial charge in [-0.25, -0.2) is 14.8 Å². The second kappa shape index (κ2) is 7.00. The molecule has 1 atom stereocenters. The summed E-state index contributed by atoms with van der Waals surface area (Å²) in [6.45, 7) is 3.45. The van der Waals surface area contributed by atoms with Crippen molar-refractivity contribution >= 4 is 18.2 Å². The van der Waals surface area contributed by atoms with Crippen LogP contribution in [0.25, 0.3) is 11.5 Å². The highest BCUT2D eigenvalue weighted by Gasteiger charge is 2.35. The highest BCUT2D eigenvalue weighted by atomic mass is 35.5. The van der Waals surface area contributed by atoms with Crippen molar-refractivity contribution in [1.82, 2.24) is 19.1 Å². The standard InChI is InChI=1S/C20H23N5O.ClH/c1-2-10-24-19-16(22-17(23-19)14-8-9-14)18-21-15(12-25(18)20(24)26)11-13-6-4-3-5-7-13;/h3-7,14-15,21H,2,8-12H2,1H3;1H/t15-;/m1./s1. The number of imidazole rings is 1. The molecule has 0 saturated heterocycles. The van der Waals surface area contributed by atoms with Gasteiger partial charge in [-0.3, -0.25) is 9.13 Å². The van der Waals surface area contributed by atoms with Gasteiger partial charge in [0.15, 0.2) is 5.82 Å². The second-order valence-electron chi connectivity index (χ2n) is 7.45. The van der Waals surface area contributed by atoms with Crippen LogP contribution in [-0.2, 0) is 19.5 Å². The molecule has 3 aliphatic heterocycles. The Balaban J connectivity index is 0.00000180. The molecule has 1 fully saturated rings. The predicted molar refractivity (Wildman–Crippen MR) is 108 cm³/mol. The molecule has 0 bridgehead atoms. The van der Waals surface area contributed by atoms with E-state index in [2.05, 4.69) is 36.5 Å². The zero-order valence-electron chi connectivity index (χ0n) is 15.4. The molecule has 7 heteroatoms. The number of hydrogen-bond donors (Lipinski definition) is 1. The van der Waals surface area contributed by atoms with Crippen LogP contribution in [0, 0.1) is 0 Å². The number of anilines is 1. The molecule has 6 nitrogen and oxygen atoms in total. The zero-order valence-corrected chi connectivity index (χ0v) is 16.2. The Morgan fingerprint density at radius 3 is 2.67 bits per heavy atom. The van der Waals surface area contributed by atoms with Gasteiger partial charge in [-0.05, 0) is 31.2 Å². The molecule has 0 aromatic heterocycles. The van der Waals surface area contributed by atoms with Crippen LogP contribution in [0.4, 0.5) is 5.82 Å². The highest BCUT2D eigenvalue weighted by molar-refractivity contribution is 5.85. The average Bonchev–Trinajstić information content (AvgIpc) is 3.27. The average molecular weight is 386 g/mol. The molecule has 1 N–H and O–H groups in total. The van der Waals surface area contributed by atoms with Crippen molar-refractivity contribution in [2.24, 2.45) is 0 Å². The van der Waals surface area contributed by atoms with Crippen molar-refractivity contribution in [3.05, 3.63) is 52.2 Å². The number of nitrogens with zero attached hydrogens (tertiary/aromatic N) is 4. The maximum Gasteiger partial charge on any atom is 0.331 e. The van der Waals surface area contributed by atoms with Gasteiger partial charge < -0.3 is 5.32 Å². The number of benzene rings is 1. The summed E-state index contributed by atoms with van der Waals surface area (Å²) in [5.41, 5.74) is 2.16. The summed E-state index contributed by atoms with van der Waals surface area (Å²) in [5.74, 6) is 2.98. The van der Waals surface area contributed by atoms with Gasteiger partial charge in [0.25, 0.3) is 0 Å². The third-order valence-corrected chi connectivity index (χ3v) is 5.33. The minimum atomic E-state index is 0. The molecule has 1 aromatic rings. The third-order valence-electron chi connectivity index (χ3n) is 5.33. The second-order valence-corrected chi connectivity index (χ2v) is 7.45. The lowest BCUT2D eigenvalue weighted by atomic mass is 10.1. The van der Waals surface area contributed by atoms with Gasteiger partial charge in [0, 0.05) is 25.0 Å². The molecule has 1 saturated carbocycles. The van der Waals surface area contributed by atoms with E-state index in [1.165, 1.54) is 5.56 Å². The van der Waals surface area contributed by atoms with Crippen LogP contribution < -0.4 is 11.0 Å². The Kier molecular flexibility index (Phi) is 4.68. The summed E-state index contributed by atoms with van der Waals surface area (Å²) in [4.78, 5) is 22.6. The van der Waals surface area contributed by atoms with Crippen LogP contribution >= 0.6 is 12.4 Å². The van der Waals surface area contributed by atoms with E-state index < -0.39 is 0 Å². The summed E-state index contributed by atoms with van der Waals surface area (Å²) in [6.07, 6.45) is 4.11. The fourth-order valence-electron chi connectivity index (χ4n) is 3.90. The summed E-state index contributed by atoms with van der Waals surface area (Å²) in [7, 11) is 0. The molecule has 0 radical (unpaired) electrons. The first-order chi connectivity index (χ1) is 12.7. The number of aromatic nitrogens is 4. The molecule has 0 amide bonds. The van der Waals surface area contributed by atoms with E-state index in [9.17, 15) is 4.79 Å². The number of hydrogen-bond acceptors (Lipinski definition) is 4. The van der Waals surface area contributed by atoms with E-state index in [0.29, 0.717) is 19.0 Å². The van der Waals surface area contributed by atoms with Crippen molar-refractivity contribution in [3.8, 4) is 11.5 Å². The van der Waals surface area contributed by atoms with E-state index in [4.69, 9.17) is 9.97 Å². The third kappa shape index (κ3) is 3.12. The minimum Gasteiger partial charge on any atom is -0.365 e. The van der Waals surface area contributed by atoms with Gasteiger partial charge in [-0.2, -0.15) is 0 Å². The normalized spacial score (nSPS) is 18.2. The maximum atomic E-state index is 13.1. The van der Waals surface area contributed by atoms with Crippen molar-refractivity contribution in [3.63, 3.8) is 0 Å². The van der Waals surface area contributed by atoms with Gasteiger partial charge in [0.2, 0.25) is 0 Å². The van der Waals surface area contributed by atoms with E-state index >= 15 is 0 Å². The van der Waals surface area contributed by atoms with E-state index in [0.717, 1.165) is 48.8 Å². The molecule has 0 spiro atoms. The Labute approximate surface area is 164 Å². The summed E-state index contributed by atoms with van der Waals surface area (Å²) in [6, 6.07) is 10.6. The van der Waals surface area contributed by atoms with Crippen LogP contribution in [0.1, 0.15) is 43.5 Å². The molecular formula is C20H24ClN5O. The van der Waals surface area contributed by atoms with Gasteiger partial charge >= 0.3 is 5.69 Å². The smallest absolute Gasteiger partial charge is 0.331 e. The first-order valence-electron chi connectivity index (χ1n) is 9.56. The van der Waals surface area contributed by atoms with Gasteiger partial charge in [-0.1, -0.05) is 37.3 Å². The molecule has 3 heterocycles. The van der Waals surface area contributed by atoms with Crippen molar-refractivity contribution in [2.45, 2.75) is 57.7 Å². The molecule has 4 aliphatic rings. The molecule has 1 aromatic carbocycles. The van der Waals surface area contributed by atoms with E-state index in [1.54, 1.807) is 0 Å². The van der Waals surface area contributed by atoms with Crippen molar-refractivity contribution in [2.75, 3.05) is 5.32 Å². The van der Waals surface area contributed by atoms with Gasteiger partial charge in [-0.15, -0.1) is 12.4 Å². The van der Waals surface area contributed by atoms with Crippen molar-refractivity contribution < 1.29 is 0 Å². The molecule has 142 valence electrons. The Bertz CT molecular complexity index is 976. The summed E-state index contributed by atoms with van der Waals surface area (Å²) >= 11 is 0. The summed E-state index contributed by atoms with van der Waals surface area (Å²) in [5, 5.41) is 3.56. The van der Waals surface area contributed by atoms with Crippen LogP contribution in [0.2, 0.25) is 0 Å². The fraction of sp³-hybridized carbons (Fsp3) is 0.450. The lowest BCUT2D eigenvalue weighted by Gasteiger charge is -2.13. The molecular weight excluding hydrogens is 362 g/mol. The number of rotatable bonds is 5. The number of nitrogens with one attached hydrogen (secondary N) is 1. The number of halogens is 1. The van der Waals surface area contributed by atoms with Crippen LogP contribution in [-0.4, -0.2) is 25.1 Å². The molecule has 0 unspecified atom stereocenters. The topological polar surface area (TPSA) is 64.7 Å². The van der Waals surface area contributed by atoms with Crippen LogP contribution in [0.15, 0.2) is 35.1 Å². The fourth-order valence-corrected chi connectivity index (χ4v) is 3.90. The highest BCUT2D eigenvalue weighted by Crippen LogP contribution is 2.41. The van der Waals surface area contributed by atoms with Gasteiger partial charge in [0.1, 0.15) is 17.3 Å². The van der Waals surface area contributed by atoms with Crippen LogP contribution in [0.5, 0.6) is 0 Å². The molecule has 5 rings (SSSR count). The predicted octanol–water partition coefficient (Wildman–Crippen LogP) is 3.29. The quantitative estimate of drug-likeness (QED) is 0.731.